The molecule has 0 unspecified atom stereocenters. The predicted molar refractivity (Wildman–Crippen MR) is 81.1 cm³/mol. The summed E-state index contributed by atoms with van der Waals surface area (Å²) >= 11 is 6.08. The molecule has 3 heterocycles. The first-order valence-corrected chi connectivity index (χ1v) is 6.88. The molecule has 0 radical (unpaired) electrons. The van der Waals surface area contributed by atoms with Crippen LogP contribution in [0.15, 0.2) is 24.7 Å². The summed E-state index contributed by atoms with van der Waals surface area (Å²) in [6.07, 6.45) is 6.00. The Hall–Kier alpha value is -2.41. The van der Waals surface area contributed by atoms with Crippen molar-refractivity contribution in [1.29, 1.82) is 0 Å². The van der Waals surface area contributed by atoms with Crippen molar-refractivity contribution < 1.29 is 0 Å². The first-order chi connectivity index (χ1) is 10.2. The van der Waals surface area contributed by atoms with Crippen molar-refractivity contribution in [3.05, 3.63) is 40.9 Å². The van der Waals surface area contributed by atoms with Gasteiger partial charge in [0.25, 0.3) is 0 Å². The van der Waals surface area contributed by atoms with Crippen LogP contribution in [-0.2, 0) is 13.0 Å². The van der Waals surface area contributed by atoms with Crippen LogP contribution in [0, 0.1) is 0 Å². The van der Waals surface area contributed by atoms with E-state index < -0.39 is 0 Å². The number of nitrogens with one attached hydrogen (secondary N) is 1. The lowest BCUT2D eigenvalue weighted by Gasteiger charge is -2.09. The lowest BCUT2D eigenvalue weighted by molar-refractivity contribution is 0.921. The molecule has 0 fully saturated rings. The van der Waals surface area contributed by atoms with Crippen molar-refractivity contribution in [3.8, 4) is 0 Å². The lowest BCUT2D eigenvalue weighted by atomic mass is 10.3. The van der Waals surface area contributed by atoms with Crippen LogP contribution in [0.3, 0.4) is 0 Å². The highest BCUT2D eigenvalue weighted by Crippen LogP contribution is 2.19. The van der Waals surface area contributed by atoms with E-state index in [0.29, 0.717) is 11.7 Å². The molecule has 0 aromatic carbocycles. The third-order valence-corrected chi connectivity index (χ3v) is 3.29. The minimum Gasteiger partial charge on any atom is -0.368 e. The maximum atomic E-state index is 6.08. The molecule has 3 aromatic rings. The van der Waals surface area contributed by atoms with E-state index in [1.54, 1.807) is 29.2 Å². The third-order valence-electron chi connectivity index (χ3n) is 3.09. The van der Waals surface area contributed by atoms with Crippen LogP contribution >= 0.6 is 11.6 Å². The van der Waals surface area contributed by atoms with Crippen LogP contribution in [0.5, 0.6) is 0 Å². The van der Waals surface area contributed by atoms with Gasteiger partial charge in [-0.25, -0.2) is 15.0 Å². The van der Waals surface area contributed by atoms with Crippen molar-refractivity contribution in [2.75, 3.05) is 11.1 Å². The summed E-state index contributed by atoms with van der Waals surface area (Å²) in [6, 6.07) is 1.74. The Kier molecular flexibility index (Phi) is 3.57. The topological polar surface area (TPSA) is 94.0 Å². The highest BCUT2D eigenvalue weighted by atomic mass is 35.5. The molecule has 8 heteroatoms. The molecule has 0 aliphatic rings. The summed E-state index contributed by atoms with van der Waals surface area (Å²) in [7, 11) is 0. The summed E-state index contributed by atoms with van der Waals surface area (Å²) in [5, 5.41) is 8.02. The van der Waals surface area contributed by atoms with Gasteiger partial charge in [0.2, 0.25) is 5.95 Å². The zero-order valence-corrected chi connectivity index (χ0v) is 12.2. The molecule has 7 nitrogen and oxygen atoms in total. The second-order valence-electron chi connectivity index (χ2n) is 4.53. The van der Waals surface area contributed by atoms with E-state index in [1.165, 1.54) is 0 Å². The molecule has 3 aromatic heterocycles. The summed E-state index contributed by atoms with van der Waals surface area (Å²) < 4.78 is 1.74. The van der Waals surface area contributed by atoms with Gasteiger partial charge in [-0.1, -0.05) is 18.5 Å². The zero-order chi connectivity index (χ0) is 14.8. The van der Waals surface area contributed by atoms with Crippen molar-refractivity contribution >= 4 is 29.0 Å². The molecule has 3 N–H and O–H groups in total. The number of hydrogen-bond acceptors (Lipinski definition) is 6. The molecule has 0 bridgehead atoms. The van der Waals surface area contributed by atoms with Gasteiger partial charge in [-0.05, 0) is 6.42 Å². The summed E-state index contributed by atoms with van der Waals surface area (Å²) in [5.41, 5.74) is 8.19. The van der Waals surface area contributed by atoms with E-state index in [1.807, 2.05) is 0 Å². The summed E-state index contributed by atoms with van der Waals surface area (Å²) in [4.78, 5) is 12.2. The Morgan fingerprint density at radius 2 is 2.05 bits per heavy atom. The number of halogens is 1. The van der Waals surface area contributed by atoms with E-state index in [4.69, 9.17) is 17.3 Å². The number of aromatic nitrogens is 5. The van der Waals surface area contributed by atoms with Gasteiger partial charge in [-0.15, -0.1) is 0 Å². The van der Waals surface area contributed by atoms with E-state index >= 15 is 0 Å². The summed E-state index contributed by atoms with van der Waals surface area (Å²) in [6.45, 7) is 2.59. The smallest absolute Gasteiger partial charge is 0.219 e. The first-order valence-electron chi connectivity index (χ1n) is 6.51. The predicted octanol–water partition coefficient (Wildman–Crippen LogP) is 1.93. The average Bonchev–Trinajstić information content (AvgIpc) is 2.89. The van der Waals surface area contributed by atoms with Gasteiger partial charge >= 0.3 is 0 Å². The highest BCUT2D eigenvalue weighted by molar-refractivity contribution is 6.29. The fourth-order valence-corrected chi connectivity index (χ4v) is 2.19. The van der Waals surface area contributed by atoms with Gasteiger partial charge < -0.3 is 11.1 Å². The molecular formula is C13H14ClN7. The molecule has 0 atom stereocenters. The highest BCUT2D eigenvalue weighted by Gasteiger charge is 2.09. The number of aryl methyl sites for hydroxylation is 1. The van der Waals surface area contributed by atoms with Crippen molar-refractivity contribution in [2.45, 2.75) is 19.9 Å². The van der Waals surface area contributed by atoms with Gasteiger partial charge in [-0.3, -0.25) is 0 Å². The monoisotopic (exact) mass is 303 g/mol. The molecular weight excluding hydrogens is 290 g/mol. The fraction of sp³-hybridized carbons (Fsp3) is 0.231. The Morgan fingerprint density at radius 3 is 2.76 bits per heavy atom. The molecule has 3 rings (SSSR count). The molecule has 0 spiro atoms. The number of anilines is 2. The molecule has 21 heavy (non-hydrogen) atoms. The number of nitrogen functional groups attached to an aromatic ring is 1. The second kappa shape index (κ2) is 5.53. The number of nitrogens with zero attached hydrogens (tertiary/aromatic N) is 5. The van der Waals surface area contributed by atoms with Crippen LogP contribution in [0.1, 0.15) is 18.1 Å². The maximum Gasteiger partial charge on any atom is 0.219 e. The Labute approximate surface area is 126 Å². The van der Waals surface area contributed by atoms with E-state index in [0.717, 1.165) is 29.0 Å². The molecule has 0 saturated carbocycles. The molecule has 108 valence electrons. The Morgan fingerprint density at radius 1 is 1.29 bits per heavy atom. The molecule has 0 amide bonds. The molecule has 0 saturated heterocycles. The number of nitrogens with two attached hydrogens (primary N) is 1. The van der Waals surface area contributed by atoms with Crippen LogP contribution in [0.25, 0.3) is 5.65 Å². The maximum absolute atomic E-state index is 6.08. The first kappa shape index (κ1) is 13.6. The minimum atomic E-state index is 0.257. The van der Waals surface area contributed by atoms with Crippen molar-refractivity contribution in [1.82, 2.24) is 24.6 Å². The largest absolute Gasteiger partial charge is 0.368 e. The van der Waals surface area contributed by atoms with Gasteiger partial charge in [0.1, 0.15) is 11.0 Å². The van der Waals surface area contributed by atoms with E-state index in [-0.39, 0.29) is 5.95 Å². The Bertz CT molecular complexity index is 766. The number of fused-ring (bicyclic) bond motifs is 1. The van der Waals surface area contributed by atoms with Gasteiger partial charge in [-0.2, -0.15) is 9.61 Å². The number of rotatable bonds is 4. The second-order valence-corrected chi connectivity index (χ2v) is 4.91. The molecule has 0 aliphatic heterocycles. The van der Waals surface area contributed by atoms with Crippen molar-refractivity contribution in [3.63, 3.8) is 0 Å². The van der Waals surface area contributed by atoms with E-state index in [2.05, 4.69) is 32.3 Å². The lowest BCUT2D eigenvalue weighted by Crippen LogP contribution is -2.07. The van der Waals surface area contributed by atoms with Crippen LogP contribution in [0.4, 0.5) is 11.8 Å². The quantitative estimate of drug-likeness (QED) is 0.715. The van der Waals surface area contributed by atoms with Crippen LogP contribution in [-0.4, -0.2) is 24.6 Å². The summed E-state index contributed by atoms with van der Waals surface area (Å²) in [5.74, 6) is 1.02. The van der Waals surface area contributed by atoms with Gasteiger partial charge in [0.15, 0.2) is 5.65 Å². The Balaban J connectivity index is 1.89. The third kappa shape index (κ3) is 2.73. The fourth-order valence-electron chi connectivity index (χ4n) is 2.00. The normalized spacial score (nSPS) is 11.0. The number of hydrogen-bond donors (Lipinski definition) is 2. The van der Waals surface area contributed by atoms with Gasteiger partial charge in [0.05, 0.1) is 6.20 Å². The van der Waals surface area contributed by atoms with Gasteiger partial charge in [0, 0.05) is 36.1 Å². The molecule has 0 aliphatic carbocycles. The standard InChI is InChI=1S/C13H14ClN7/c1-2-9-7-19-21-11(3-10(14)20-12(9)21)16-4-8-5-17-13(15)18-6-8/h3,5-7,16H,2,4H2,1H3,(H2,15,17,18). The van der Waals surface area contributed by atoms with Crippen molar-refractivity contribution in [2.24, 2.45) is 0 Å². The van der Waals surface area contributed by atoms with E-state index in [9.17, 15) is 0 Å². The van der Waals surface area contributed by atoms with Crippen LogP contribution in [0.2, 0.25) is 5.15 Å². The van der Waals surface area contributed by atoms with Crippen LogP contribution < -0.4 is 11.1 Å². The zero-order valence-electron chi connectivity index (χ0n) is 11.4. The SMILES string of the molecule is CCc1cnn2c(NCc3cnc(N)nc3)cc(Cl)nc12. The average molecular weight is 304 g/mol. The minimum absolute atomic E-state index is 0.257.